The molecule has 4 heteroatoms. The van der Waals surface area contributed by atoms with Gasteiger partial charge in [-0.1, -0.05) is 34.7 Å². The van der Waals surface area contributed by atoms with Crippen LogP contribution in [0.4, 0.5) is 0 Å². The van der Waals surface area contributed by atoms with Gasteiger partial charge in [0.25, 0.3) is 0 Å². The molecule has 0 unspecified atom stereocenters. The van der Waals surface area contributed by atoms with E-state index in [9.17, 15) is 0 Å². The van der Waals surface area contributed by atoms with E-state index in [2.05, 4.69) is 33.6 Å². The molecule has 0 spiro atoms. The lowest BCUT2D eigenvalue weighted by Gasteiger charge is -2.06. The molecular formula is C13H9IN2O. The van der Waals surface area contributed by atoms with E-state index in [4.69, 9.17) is 10.00 Å². The summed E-state index contributed by atoms with van der Waals surface area (Å²) in [5.74, 6) is 1.05. The number of pyridine rings is 1. The highest BCUT2D eigenvalue weighted by molar-refractivity contribution is 14.1. The maximum atomic E-state index is 8.93. The Morgan fingerprint density at radius 1 is 1.29 bits per heavy atom. The first-order chi connectivity index (χ1) is 8.33. The molecule has 0 aliphatic rings. The molecular weight excluding hydrogens is 327 g/mol. The molecule has 0 aliphatic carbocycles. The topological polar surface area (TPSA) is 45.9 Å². The number of hydrogen-bond acceptors (Lipinski definition) is 3. The molecule has 0 N–H and O–H groups in total. The number of rotatable bonds is 3. The van der Waals surface area contributed by atoms with Crippen molar-refractivity contribution in [3.05, 3.63) is 53.7 Å². The maximum absolute atomic E-state index is 8.93. The fourth-order valence-corrected chi connectivity index (χ4v) is 1.84. The number of nitrogens with zero attached hydrogens (tertiary/aromatic N) is 2. The van der Waals surface area contributed by atoms with Crippen LogP contribution in [0.15, 0.2) is 42.6 Å². The summed E-state index contributed by atoms with van der Waals surface area (Å²) in [5.41, 5.74) is 1.62. The van der Waals surface area contributed by atoms with Gasteiger partial charge in [0, 0.05) is 10.6 Å². The van der Waals surface area contributed by atoms with Crippen molar-refractivity contribution in [1.82, 2.24) is 4.98 Å². The van der Waals surface area contributed by atoms with Gasteiger partial charge in [-0.15, -0.1) is 0 Å². The third-order valence-electron chi connectivity index (χ3n) is 2.16. The first kappa shape index (κ1) is 11.9. The lowest BCUT2D eigenvalue weighted by Crippen LogP contribution is -1.91. The highest BCUT2D eigenvalue weighted by atomic mass is 127. The Balaban J connectivity index is 2.28. The zero-order valence-corrected chi connectivity index (χ0v) is 11.1. The van der Waals surface area contributed by atoms with Crippen LogP contribution in [-0.4, -0.2) is 4.98 Å². The largest absolute Gasteiger partial charge is 0.438 e. The van der Waals surface area contributed by atoms with Crippen LogP contribution in [0.2, 0.25) is 0 Å². The predicted octanol–water partition coefficient (Wildman–Crippen LogP) is 3.68. The van der Waals surface area contributed by atoms with Crippen molar-refractivity contribution >= 4 is 22.6 Å². The Morgan fingerprint density at radius 2 is 2.18 bits per heavy atom. The minimum Gasteiger partial charge on any atom is -0.438 e. The molecule has 0 bridgehead atoms. The average molecular weight is 336 g/mol. The van der Waals surface area contributed by atoms with Gasteiger partial charge in [0.15, 0.2) is 0 Å². The Morgan fingerprint density at radius 3 is 2.94 bits per heavy atom. The molecule has 0 fully saturated rings. The van der Waals surface area contributed by atoms with Crippen molar-refractivity contribution in [1.29, 1.82) is 5.26 Å². The van der Waals surface area contributed by atoms with Crippen molar-refractivity contribution in [2.45, 2.75) is 4.43 Å². The van der Waals surface area contributed by atoms with E-state index in [1.165, 1.54) is 5.56 Å². The quantitative estimate of drug-likeness (QED) is 0.634. The lowest BCUT2D eigenvalue weighted by molar-refractivity contribution is 0.461. The molecule has 0 amide bonds. The van der Waals surface area contributed by atoms with E-state index in [1.54, 1.807) is 18.3 Å². The number of ether oxygens (including phenoxy) is 1. The van der Waals surface area contributed by atoms with E-state index in [0.29, 0.717) is 17.2 Å². The number of nitriles is 1. The van der Waals surface area contributed by atoms with Crippen LogP contribution >= 0.6 is 22.6 Å². The molecule has 1 aromatic carbocycles. The van der Waals surface area contributed by atoms with Gasteiger partial charge in [0.1, 0.15) is 17.4 Å². The van der Waals surface area contributed by atoms with Gasteiger partial charge >= 0.3 is 0 Å². The minimum absolute atomic E-state index is 0.348. The van der Waals surface area contributed by atoms with Crippen LogP contribution in [0.5, 0.6) is 11.6 Å². The first-order valence-corrected chi connectivity index (χ1v) is 6.54. The lowest BCUT2D eigenvalue weighted by atomic mass is 10.2. The average Bonchev–Trinajstić information content (AvgIpc) is 2.39. The summed E-state index contributed by atoms with van der Waals surface area (Å²) in [7, 11) is 0. The molecule has 0 radical (unpaired) electrons. The van der Waals surface area contributed by atoms with Crippen molar-refractivity contribution in [2.75, 3.05) is 0 Å². The van der Waals surface area contributed by atoms with Crippen LogP contribution in [0.1, 0.15) is 11.1 Å². The molecule has 0 atom stereocenters. The van der Waals surface area contributed by atoms with Crippen molar-refractivity contribution < 1.29 is 4.74 Å². The zero-order valence-electron chi connectivity index (χ0n) is 8.93. The maximum Gasteiger partial charge on any atom is 0.237 e. The van der Waals surface area contributed by atoms with Gasteiger partial charge < -0.3 is 4.74 Å². The third kappa shape index (κ3) is 2.94. The van der Waals surface area contributed by atoms with E-state index < -0.39 is 0 Å². The Labute approximate surface area is 113 Å². The van der Waals surface area contributed by atoms with Crippen LogP contribution < -0.4 is 4.74 Å². The fraction of sp³-hybridized carbons (Fsp3) is 0.0769. The number of aromatic nitrogens is 1. The molecule has 84 valence electrons. The van der Waals surface area contributed by atoms with E-state index in [1.807, 2.05) is 24.3 Å². The number of alkyl halides is 1. The van der Waals surface area contributed by atoms with E-state index >= 15 is 0 Å². The van der Waals surface area contributed by atoms with Gasteiger partial charge in [0.2, 0.25) is 5.88 Å². The molecule has 1 aromatic heterocycles. The molecule has 1 heterocycles. The minimum atomic E-state index is 0.348. The normalized spacial score (nSPS) is 9.65. The smallest absolute Gasteiger partial charge is 0.237 e. The summed E-state index contributed by atoms with van der Waals surface area (Å²) < 4.78 is 6.52. The van der Waals surface area contributed by atoms with Crippen LogP contribution in [0, 0.1) is 11.3 Å². The molecule has 17 heavy (non-hydrogen) atoms. The zero-order chi connectivity index (χ0) is 12.1. The Kier molecular flexibility index (Phi) is 3.94. The van der Waals surface area contributed by atoms with Crippen molar-refractivity contribution in [2.24, 2.45) is 0 Å². The third-order valence-corrected chi connectivity index (χ3v) is 3.04. The van der Waals surface area contributed by atoms with Gasteiger partial charge in [-0.3, -0.25) is 0 Å². The highest BCUT2D eigenvalue weighted by Crippen LogP contribution is 2.23. The summed E-state index contributed by atoms with van der Waals surface area (Å²) in [5, 5.41) is 8.93. The number of hydrogen-bond donors (Lipinski definition) is 0. The monoisotopic (exact) mass is 336 g/mol. The SMILES string of the molecule is N#Cc1cccnc1Oc1cccc(CI)c1. The van der Waals surface area contributed by atoms with Gasteiger partial charge in [-0.25, -0.2) is 4.98 Å². The molecule has 0 saturated heterocycles. The van der Waals surface area contributed by atoms with Crippen LogP contribution in [0.3, 0.4) is 0 Å². The Hall–Kier alpha value is -1.61. The van der Waals surface area contributed by atoms with Crippen LogP contribution in [-0.2, 0) is 4.43 Å². The van der Waals surface area contributed by atoms with Gasteiger partial charge in [-0.05, 0) is 29.8 Å². The number of halogens is 1. The molecule has 2 rings (SSSR count). The molecule has 0 aliphatic heterocycles. The van der Waals surface area contributed by atoms with E-state index in [0.717, 1.165) is 4.43 Å². The summed E-state index contributed by atoms with van der Waals surface area (Å²) in [6.45, 7) is 0. The second kappa shape index (κ2) is 5.64. The molecule has 0 saturated carbocycles. The van der Waals surface area contributed by atoms with Crippen molar-refractivity contribution in [3.8, 4) is 17.7 Å². The Bertz CT molecular complexity index is 563. The second-order valence-corrected chi connectivity index (χ2v) is 4.11. The van der Waals surface area contributed by atoms with Crippen molar-refractivity contribution in [3.63, 3.8) is 0 Å². The second-order valence-electron chi connectivity index (χ2n) is 3.35. The molecule has 2 aromatic rings. The van der Waals surface area contributed by atoms with Crippen LogP contribution in [0.25, 0.3) is 0 Å². The predicted molar refractivity (Wildman–Crippen MR) is 73.2 cm³/mol. The highest BCUT2D eigenvalue weighted by Gasteiger charge is 2.05. The summed E-state index contributed by atoms with van der Waals surface area (Å²) in [4.78, 5) is 4.05. The summed E-state index contributed by atoms with van der Waals surface area (Å²) in [6.07, 6.45) is 1.61. The first-order valence-electron chi connectivity index (χ1n) is 5.01. The number of benzene rings is 1. The standard InChI is InChI=1S/C13H9IN2O/c14-8-10-3-1-5-12(7-10)17-13-11(9-15)4-2-6-16-13/h1-7H,8H2. The summed E-state index contributed by atoms with van der Waals surface area (Å²) in [6, 6.07) is 13.2. The van der Waals surface area contributed by atoms with Gasteiger partial charge in [-0.2, -0.15) is 5.26 Å². The fourth-order valence-electron chi connectivity index (χ4n) is 1.36. The molecule has 3 nitrogen and oxygen atoms in total. The summed E-state index contributed by atoms with van der Waals surface area (Å²) >= 11 is 2.29. The van der Waals surface area contributed by atoms with Gasteiger partial charge in [0.05, 0.1) is 0 Å². The van der Waals surface area contributed by atoms with E-state index in [-0.39, 0.29) is 0 Å².